The highest BCUT2D eigenvalue weighted by Gasteiger charge is 2.18. The molecule has 0 aliphatic carbocycles. The molecule has 8 heteroatoms. The number of benzene rings is 1. The average molecular weight is 361 g/mol. The second kappa shape index (κ2) is 9.55. The topological polar surface area (TPSA) is 118 Å². The molecule has 26 heavy (non-hydrogen) atoms. The van der Waals surface area contributed by atoms with E-state index < -0.39 is 5.82 Å². The van der Waals surface area contributed by atoms with Crippen molar-refractivity contribution in [2.45, 2.75) is 38.5 Å². The zero-order chi connectivity index (χ0) is 18.9. The maximum Gasteiger partial charge on any atom is 0.227 e. The number of rotatable bonds is 10. The van der Waals surface area contributed by atoms with Gasteiger partial charge in [0.15, 0.2) is 0 Å². The molecular weight excluding hydrogens is 337 g/mol. The van der Waals surface area contributed by atoms with Crippen molar-refractivity contribution in [3.05, 3.63) is 42.2 Å². The lowest BCUT2D eigenvalue weighted by atomic mass is 10.1. The van der Waals surface area contributed by atoms with Crippen molar-refractivity contribution in [3.63, 3.8) is 0 Å². The first-order valence-corrected chi connectivity index (χ1v) is 8.59. The summed E-state index contributed by atoms with van der Waals surface area (Å²) >= 11 is 0. The van der Waals surface area contributed by atoms with E-state index in [4.69, 9.17) is 11.5 Å². The molecular formula is C18H24FN5O2. The highest BCUT2D eigenvalue weighted by atomic mass is 19.1. The Kier molecular flexibility index (Phi) is 7.13. The van der Waals surface area contributed by atoms with E-state index in [-0.39, 0.29) is 17.5 Å². The summed E-state index contributed by atoms with van der Waals surface area (Å²) in [5.41, 5.74) is 11.7. The number of hydrogen-bond donors (Lipinski definition) is 3. The number of amides is 2. The van der Waals surface area contributed by atoms with Crippen LogP contribution in [0.4, 0.5) is 15.8 Å². The fourth-order valence-electron chi connectivity index (χ4n) is 2.69. The number of aromatic nitrogens is 2. The van der Waals surface area contributed by atoms with Crippen molar-refractivity contribution in [1.82, 2.24) is 9.97 Å². The molecule has 0 aliphatic rings. The van der Waals surface area contributed by atoms with Gasteiger partial charge in [-0.1, -0.05) is 6.42 Å². The van der Waals surface area contributed by atoms with Crippen molar-refractivity contribution in [2.24, 2.45) is 5.73 Å². The third-order valence-corrected chi connectivity index (χ3v) is 4.02. The first kappa shape index (κ1) is 19.4. The van der Waals surface area contributed by atoms with Gasteiger partial charge in [0, 0.05) is 38.2 Å². The van der Waals surface area contributed by atoms with Crippen molar-refractivity contribution in [1.29, 1.82) is 0 Å². The van der Waals surface area contributed by atoms with Crippen LogP contribution in [0.15, 0.2) is 30.6 Å². The van der Waals surface area contributed by atoms with Crippen LogP contribution in [0.1, 0.15) is 37.9 Å². The van der Waals surface area contributed by atoms with Crippen molar-refractivity contribution < 1.29 is 14.0 Å². The van der Waals surface area contributed by atoms with Gasteiger partial charge in [-0.3, -0.25) is 9.59 Å². The standard InChI is InChI=1S/C18H24FN5O2/c19-13-6-7-15(14(20)12-13)24(11-8-17-22-9-10-23-17)18(26)5-3-1-2-4-16(21)25/h6-7,9-10,12H,1-5,8,11,20H2,(H2,21,25)(H,22,23). The van der Waals surface area contributed by atoms with Crippen LogP contribution >= 0.6 is 0 Å². The third kappa shape index (κ3) is 5.87. The normalized spacial score (nSPS) is 10.7. The largest absolute Gasteiger partial charge is 0.397 e. The number of anilines is 2. The summed E-state index contributed by atoms with van der Waals surface area (Å²) in [5, 5.41) is 0. The van der Waals surface area contributed by atoms with E-state index in [1.165, 1.54) is 18.2 Å². The highest BCUT2D eigenvalue weighted by molar-refractivity contribution is 5.96. The van der Waals surface area contributed by atoms with Crippen molar-refractivity contribution in [3.8, 4) is 0 Å². The fourth-order valence-corrected chi connectivity index (χ4v) is 2.69. The number of unbranched alkanes of at least 4 members (excludes halogenated alkanes) is 2. The Labute approximate surface area is 151 Å². The second-order valence-corrected chi connectivity index (χ2v) is 6.06. The number of nitrogens with two attached hydrogens (primary N) is 2. The number of imidazole rings is 1. The minimum absolute atomic E-state index is 0.103. The van der Waals surface area contributed by atoms with Gasteiger partial charge in [0.2, 0.25) is 11.8 Å². The minimum atomic E-state index is -0.448. The number of hydrogen-bond acceptors (Lipinski definition) is 4. The summed E-state index contributed by atoms with van der Waals surface area (Å²) in [7, 11) is 0. The van der Waals surface area contributed by atoms with Gasteiger partial charge in [-0.25, -0.2) is 9.37 Å². The Morgan fingerprint density at radius 1 is 1.19 bits per heavy atom. The maximum absolute atomic E-state index is 13.3. The molecule has 2 amide bonds. The van der Waals surface area contributed by atoms with Gasteiger partial charge < -0.3 is 21.4 Å². The Morgan fingerprint density at radius 3 is 2.62 bits per heavy atom. The lowest BCUT2D eigenvalue weighted by molar-refractivity contribution is -0.118. The van der Waals surface area contributed by atoms with E-state index in [9.17, 15) is 14.0 Å². The van der Waals surface area contributed by atoms with Crippen LogP contribution in [0.25, 0.3) is 0 Å². The van der Waals surface area contributed by atoms with E-state index >= 15 is 0 Å². The number of halogens is 1. The van der Waals surface area contributed by atoms with Gasteiger partial charge in [0.05, 0.1) is 11.4 Å². The molecule has 0 spiro atoms. The van der Waals surface area contributed by atoms with Crippen molar-refractivity contribution >= 4 is 23.2 Å². The molecule has 0 fully saturated rings. The van der Waals surface area contributed by atoms with E-state index in [2.05, 4.69) is 9.97 Å². The first-order valence-electron chi connectivity index (χ1n) is 8.59. The first-order chi connectivity index (χ1) is 12.5. The third-order valence-electron chi connectivity index (χ3n) is 4.02. The quantitative estimate of drug-likeness (QED) is 0.444. The molecule has 5 N–H and O–H groups in total. The minimum Gasteiger partial charge on any atom is -0.397 e. The maximum atomic E-state index is 13.3. The van der Waals surface area contributed by atoms with Gasteiger partial charge in [-0.15, -0.1) is 0 Å². The Morgan fingerprint density at radius 2 is 1.96 bits per heavy atom. The van der Waals surface area contributed by atoms with Gasteiger partial charge in [0.25, 0.3) is 0 Å². The Balaban J connectivity index is 2.01. The molecule has 1 heterocycles. The summed E-state index contributed by atoms with van der Waals surface area (Å²) in [6.45, 7) is 0.378. The van der Waals surface area contributed by atoms with E-state index in [0.29, 0.717) is 44.3 Å². The molecule has 140 valence electrons. The molecule has 0 radical (unpaired) electrons. The van der Waals surface area contributed by atoms with Gasteiger partial charge >= 0.3 is 0 Å². The lowest BCUT2D eigenvalue weighted by Crippen LogP contribution is -2.33. The number of carbonyl (C=O) groups is 2. The number of aromatic amines is 1. The SMILES string of the molecule is NC(=O)CCCCCC(=O)N(CCc1ncc[nH]1)c1ccc(F)cc1N. The molecule has 1 aromatic carbocycles. The molecule has 2 aromatic rings. The monoisotopic (exact) mass is 361 g/mol. The summed E-state index contributed by atoms with van der Waals surface area (Å²) in [4.78, 5) is 32.1. The lowest BCUT2D eigenvalue weighted by Gasteiger charge is -2.24. The van der Waals surface area contributed by atoms with Crippen LogP contribution in [0.2, 0.25) is 0 Å². The number of carbonyl (C=O) groups excluding carboxylic acids is 2. The smallest absolute Gasteiger partial charge is 0.227 e. The highest BCUT2D eigenvalue weighted by Crippen LogP contribution is 2.25. The zero-order valence-electron chi connectivity index (χ0n) is 14.6. The van der Waals surface area contributed by atoms with Gasteiger partial charge in [-0.2, -0.15) is 0 Å². The van der Waals surface area contributed by atoms with Gasteiger partial charge in [-0.05, 0) is 31.0 Å². The van der Waals surface area contributed by atoms with E-state index in [1.807, 2.05) is 0 Å². The number of primary amides is 1. The summed E-state index contributed by atoms with van der Waals surface area (Å²) in [6, 6.07) is 4.00. The fraction of sp³-hybridized carbons (Fsp3) is 0.389. The number of nitrogens with zero attached hydrogens (tertiary/aromatic N) is 2. The molecule has 0 aliphatic heterocycles. The number of nitrogens with one attached hydrogen (secondary N) is 1. The molecule has 0 bridgehead atoms. The molecule has 0 saturated heterocycles. The Bertz CT molecular complexity index is 733. The molecule has 0 atom stereocenters. The molecule has 7 nitrogen and oxygen atoms in total. The van der Waals surface area contributed by atoms with Gasteiger partial charge in [0.1, 0.15) is 11.6 Å². The van der Waals surface area contributed by atoms with Crippen molar-refractivity contribution in [2.75, 3.05) is 17.2 Å². The van der Waals surface area contributed by atoms with Crippen LogP contribution in [0.3, 0.4) is 0 Å². The number of nitrogen functional groups attached to an aromatic ring is 1. The summed E-state index contributed by atoms with van der Waals surface area (Å²) in [5.74, 6) is -0.134. The molecule has 1 aromatic heterocycles. The van der Waals surface area contributed by atoms with Crippen LogP contribution in [-0.4, -0.2) is 28.3 Å². The number of H-pyrrole nitrogens is 1. The zero-order valence-corrected chi connectivity index (χ0v) is 14.6. The Hall–Kier alpha value is -2.90. The average Bonchev–Trinajstić information content (AvgIpc) is 3.09. The van der Waals surface area contributed by atoms with Crippen LogP contribution in [-0.2, 0) is 16.0 Å². The second-order valence-electron chi connectivity index (χ2n) is 6.06. The van der Waals surface area contributed by atoms with Crippen LogP contribution in [0, 0.1) is 5.82 Å². The summed E-state index contributed by atoms with van der Waals surface area (Å²) in [6.07, 6.45) is 6.56. The van der Waals surface area contributed by atoms with Crippen LogP contribution in [0.5, 0.6) is 0 Å². The molecule has 2 rings (SSSR count). The molecule has 0 unspecified atom stereocenters. The van der Waals surface area contributed by atoms with E-state index in [0.717, 1.165) is 12.2 Å². The predicted octanol–water partition coefficient (Wildman–Crippen LogP) is 2.14. The predicted molar refractivity (Wildman–Crippen MR) is 97.7 cm³/mol. The van der Waals surface area contributed by atoms with E-state index in [1.54, 1.807) is 17.3 Å². The van der Waals surface area contributed by atoms with Crippen LogP contribution < -0.4 is 16.4 Å². The summed E-state index contributed by atoms with van der Waals surface area (Å²) < 4.78 is 13.3. The molecule has 0 saturated carbocycles.